The van der Waals surface area contributed by atoms with Gasteiger partial charge in [-0.15, -0.1) is 0 Å². The van der Waals surface area contributed by atoms with E-state index in [1.807, 2.05) is 0 Å². The molecule has 9 heteroatoms. The highest BCUT2D eigenvalue weighted by atomic mass is 79.9. The summed E-state index contributed by atoms with van der Waals surface area (Å²) >= 11 is 3.32. The summed E-state index contributed by atoms with van der Waals surface area (Å²) in [5.74, 6) is -0.602. The van der Waals surface area contributed by atoms with Crippen LogP contribution in [-0.2, 0) is 9.59 Å². The van der Waals surface area contributed by atoms with Gasteiger partial charge >= 0.3 is 6.01 Å². The van der Waals surface area contributed by atoms with Crippen LogP contribution in [0.5, 0.6) is 23.5 Å². The number of hydrogen-bond acceptors (Lipinski definition) is 8. The molecule has 3 rings (SSSR count). The van der Waals surface area contributed by atoms with Gasteiger partial charge in [0.25, 0.3) is 0 Å². The second-order valence-electron chi connectivity index (χ2n) is 5.90. The fourth-order valence-corrected chi connectivity index (χ4v) is 3.09. The first kappa shape index (κ1) is 19.8. The summed E-state index contributed by atoms with van der Waals surface area (Å²) in [6.45, 7) is 0. The Morgan fingerprint density at radius 1 is 1.04 bits per heavy atom. The zero-order valence-electron chi connectivity index (χ0n) is 15.2. The summed E-state index contributed by atoms with van der Waals surface area (Å²) in [4.78, 5) is 32.5. The minimum atomic E-state index is -0.430. The molecule has 146 valence electrons. The fraction of sp³-hybridized carbons (Fsp3) is 0.263. The van der Waals surface area contributed by atoms with E-state index in [1.165, 1.54) is 20.3 Å². The lowest BCUT2D eigenvalue weighted by Gasteiger charge is -2.16. The summed E-state index contributed by atoms with van der Waals surface area (Å²) in [6, 6.07) is 6.18. The molecule has 1 aromatic heterocycles. The van der Waals surface area contributed by atoms with Crippen LogP contribution in [-0.4, -0.2) is 40.9 Å². The summed E-state index contributed by atoms with van der Waals surface area (Å²) in [5, 5.41) is 10.7. The molecule has 1 aliphatic carbocycles. The molecule has 8 nitrogen and oxygen atoms in total. The number of ketones is 2. The minimum Gasteiger partial charge on any atom is -0.506 e. The lowest BCUT2D eigenvalue weighted by molar-refractivity contribution is -0.123. The van der Waals surface area contributed by atoms with Gasteiger partial charge in [-0.1, -0.05) is 15.9 Å². The topological polar surface area (TPSA) is 108 Å². The summed E-state index contributed by atoms with van der Waals surface area (Å²) < 4.78 is 16.5. The monoisotopic (exact) mass is 448 g/mol. The van der Waals surface area contributed by atoms with E-state index in [9.17, 15) is 14.7 Å². The van der Waals surface area contributed by atoms with Crippen molar-refractivity contribution >= 4 is 33.3 Å². The number of carbonyl (C=O) groups excluding carboxylic acids is 2. The van der Waals surface area contributed by atoms with Crippen molar-refractivity contribution in [2.24, 2.45) is 0 Å². The van der Waals surface area contributed by atoms with Crippen LogP contribution in [0.25, 0.3) is 5.76 Å². The molecule has 0 aliphatic heterocycles. The molecule has 1 aromatic carbocycles. The van der Waals surface area contributed by atoms with Gasteiger partial charge in [-0.25, -0.2) is 0 Å². The average Bonchev–Trinajstić information content (AvgIpc) is 2.68. The maximum absolute atomic E-state index is 12.2. The maximum atomic E-state index is 12.2. The van der Waals surface area contributed by atoms with Crippen molar-refractivity contribution in [3.05, 3.63) is 39.9 Å². The molecule has 1 heterocycles. The zero-order chi connectivity index (χ0) is 20.3. The number of aliphatic hydroxyl groups is 1. The number of hydrogen-bond donors (Lipinski definition) is 1. The minimum absolute atomic E-state index is 0.0844. The van der Waals surface area contributed by atoms with Crippen molar-refractivity contribution in [2.45, 2.75) is 19.3 Å². The van der Waals surface area contributed by atoms with E-state index in [2.05, 4.69) is 25.9 Å². The van der Waals surface area contributed by atoms with Gasteiger partial charge in [0.05, 0.1) is 25.8 Å². The third kappa shape index (κ3) is 4.14. The van der Waals surface area contributed by atoms with E-state index in [-0.39, 0.29) is 59.1 Å². The number of nitrogens with zero attached hydrogens (tertiary/aromatic N) is 2. The van der Waals surface area contributed by atoms with Gasteiger partial charge < -0.3 is 19.3 Å². The quantitative estimate of drug-likeness (QED) is 0.419. The van der Waals surface area contributed by atoms with Crippen molar-refractivity contribution in [1.82, 2.24) is 9.97 Å². The second kappa shape index (κ2) is 8.39. The molecule has 0 amide bonds. The first-order valence-corrected chi connectivity index (χ1v) is 9.16. The van der Waals surface area contributed by atoms with Crippen molar-refractivity contribution in [1.29, 1.82) is 0 Å². The van der Waals surface area contributed by atoms with Gasteiger partial charge in [0.2, 0.25) is 11.8 Å². The lowest BCUT2D eigenvalue weighted by Crippen LogP contribution is -2.20. The molecule has 0 spiro atoms. The van der Waals surface area contributed by atoms with E-state index in [0.29, 0.717) is 10.9 Å². The van der Waals surface area contributed by atoms with Crippen LogP contribution in [0, 0.1) is 0 Å². The van der Waals surface area contributed by atoms with Crippen LogP contribution >= 0.6 is 15.9 Å². The molecule has 2 aromatic rings. The van der Waals surface area contributed by atoms with Crippen LogP contribution in [0.4, 0.5) is 0 Å². The fourth-order valence-electron chi connectivity index (χ4n) is 2.73. The van der Waals surface area contributed by atoms with Crippen LogP contribution in [0.3, 0.4) is 0 Å². The predicted molar refractivity (Wildman–Crippen MR) is 103 cm³/mol. The smallest absolute Gasteiger partial charge is 0.328 e. The molecule has 28 heavy (non-hydrogen) atoms. The Labute approximate surface area is 169 Å². The van der Waals surface area contributed by atoms with Crippen molar-refractivity contribution < 1.29 is 28.9 Å². The number of aliphatic hydroxyl groups excluding tert-OH is 1. The van der Waals surface area contributed by atoms with Crippen molar-refractivity contribution in [3.8, 4) is 23.5 Å². The van der Waals surface area contributed by atoms with Gasteiger partial charge in [0.1, 0.15) is 17.1 Å². The molecule has 0 radical (unpaired) electrons. The van der Waals surface area contributed by atoms with Gasteiger partial charge in [0.15, 0.2) is 11.6 Å². The lowest BCUT2D eigenvalue weighted by atomic mass is 9.89. The molecule has 0 saturated heterocycles. The number of allylic oxidation sites excluding steroid dienone is 1. The summed E-state index contributed by atoms with van der Waals surface area (Å²) in [7, 11) is 2.88. The van der Waals surface area contributed by atoms with Crippen LogP contribution in [0.2, 0.25) is 0 Å². The average molecular weight is 449 g/mol. The Bertz CT molecular complexity index is 933. The number of aromatic nitrogens is 2. The standard InChI is InChI=1S/C19H17BrN2O6/c1-26-15-9-16(27-2)22-19(21-15)28-14-7-6-10(20)8-11(14)18(25)17-12(23)4-3-5-13(17)24/h6-9,25H,3-5H2,1-2H3. The van der Waals surface area contributed by atoms with E-state index < -0.39 is 5.76 Å². The number of carbonyl (C=O) groups is 2. The summed E-state index contributed by atoms with van der Waals surface area (Å²) in [5.41, 5.74) is -0.0447. The Balaban J connectivity index is 2.07. The van der Waals surface area contributed by atoms with E-state index in [4.69, 9.17) is 14.2 Å². The van der Waals surface area contributed by atoms with E-state index in [0.717, 1.165) is 0 Å². The van der Waals surface area contributed by atoms with Crippen molar-refractivity contribution in [2.75, 3.05) is 14.2 Å². The number of Topliss-reactive ketones (excluding diaryl/α,β-unsaturated/α-hetero) is 2. The molecule has 0 unspecified atom stereocenters. The molecular formula is C19H17BrN2O6. The zero-order valence-corrected chi connectivity index (χ0v) is 16.8. The van der Waals surface area contributed by atoms with Crippen LogP contribution in [0.1, 0.15) is 24.8 Å². The van der Waals surface area contributed by atoms with Crippen LogP contribution in [0.15, 0.2) is 34.3 Å². The highest BCUT2D eigenvalue weighted by Crippen LogP contribution is 2.35. The Morgan fingerprint density at radius 2 is 1.64 bits per heavy atom. The molecule has 1 N–H and O–H groups in total. The second-order valence-corrected chi connectivity index (χ2v) is 6.82. The Kier molecular flexibility index (Phi) is 5.93. The van der Waals surface area contributed by atoms with Crippen LogP contribution < -0.4 is 14.2 Å². The van der Waals surface area contributed by atoms with Gasteiger partial charge in [-0.2, -0.15) is 9.97 Å². The molecule has 1 fully saturated rings. The van der Waals surface area contributed by atoms with Gasteiger partial charge in [-0.05, 0) is 24.6 Å². The number of ether oxygens (including phenoxy) is 3. The highest BCUT2D eigenvalue weighted by Gasteiger charge is 2.29. The number of halogens is 1. The first-order valence-electron chi connectivity index (χ1n) is 8.37. The predicted octanol–water partition coefficient (Wildman–Crippen LogP) is 3.64. The van der Waals surface area contributed by atoms with Gasteiger partial charge in [-0.3, -0.25) is 9.59 Å². The van der Waals surface area contributed by atoms with Gasteiger partial charge in [0, 0.05) is 17.3 Å². The highest BCUT2D eigenvalue weighted by molar-refractivity contribution is 9.10. The molecule has 1 saturated carbocycles. The SMILES string of the molecule is COc1cc(OC)nc(Oc2ccc(Br)cc2C(O)=C2C(=O)CCCC2=O)n1. The summed E-state index contributed by atoms with van der Waals surface area (Å²) in [6.07, 6.45) is 0.908. The molecule has 1 aliphatic rings. The van der Waals surface area contributed by atoms with E-state index in [1.54, 1.807) is 18.2 Å². The third-order valence-electron chi connectivity index (χ3n) is 4.08. The largest absolute Gasteiger partial charge is 0.506 e. The number of methoxy groups -OCH3 is 2. The van der Waals surface area contributed by atoms with Crippen molar-refractivity contribution in [3.63, 3.8) is 0 Å². The first-order chi connectivity index (χ1) is 13.4. The molecular weight excluding hydrogens is 432 g/mol. The normalized spacial score (nSPS) is 14.0. The third-order valence-corrected chi connectivity index (χ3v) is 4.57. The molecule has 0 atom stereocenters. The van der Waals surface area contributed by atoms with E-state index >= 15 is 0 Å². The number of rotatable bonds is 5. The Hall–Kier alpha value is -2.94. The maximum Gasteiger partial charge on any atom is 0.328 e. The Morgan fingerprint density at radius 3 is 2.21 bits per heavy atom. The number of benzene rings is 1. The molecule has 0 bridgehead atoms.